The van der Waals surface area contributed by atoms with E-state index in [0.717, 1.165) is 57.8 Å². The van der Waals surface area contributed by atoms with E-state index in [4.69, 9.17) is 9.72 Å². The highest BCUT2D eigenvalue weighted by Gasteiger charge is 2.25. The van der Waals surface area contributed by atoms with Gasteiger partial charge in [-0.25, -0.2) is 4.98 Å². The van der Waals surface area contributed by atoms with Crippen molar-refractivity contribution in [3.8, 4) is 17.0 Å². The number of piperazine rings is 1. The summed E-state index contributed by atoms with van der Waals surface area (Å²) in [4.78, 5) is 23.0. The van der Waals surface area contributed by atoms with Crippen LogP contribution in [0.15, 0.2) is 66.7 Å². The molecule has 1 amide bonds. The van der Waals surface area contributed by atoms with Crippen LogP contribution in [0.3, 0.4) is 0 Å². The second kappa shape index (κ2) is 9.41. The number of ether oxygens (including phenoxy) is 1. The lowest BCUT2D eigenvalue weighted by molar-refractivity contribution is 0.0748. The van der Waals surface area contributed by atoms with Gasteiger partial charge in [0.05, 0.1) is 23.9 Å². The van der Waals surface area contributed by atoms with Crippen molar-refractivity contribution < 1.29 is 9.53 Å². The average molecular weight is 466 g/mol. The molecule has 4 aromatic rings. The predicted octanol–water partition coefficient (Wildman–Crippen LogP) is 5.80. The van der Waals surface area contributed by atoms with Crippen molar-refractivity contribution in [1.29, 1.82) is 0 Å². The first-order chi connectivity index (χ1) is 16.9. The van der Waals surface area contributed by atoms with Gasteiger partial charge in [-0.15, -0.1) is 0 Å². The van der Waals surface area contributed by atoms with Crippen molar-refractivity contribution in [3.63, 3.8) is 0 Å². The van der Waals surface area contributed by atoms with Crippen molar-refractivity contribution in [3.05, 3.63) is 89.0 Å². The van der Waals surface area contributed by atoms with Gasteiger partial charge in [-0.2, -0.15) is 0 Å². The number of aryl methyl sites for hydroxylation is 3. The van der Waals surface area contributed by atoms with Crippen LogP contribution in [-0.4, -0.2) is 49.1 Å². The summed E-state index contributed by atoms with van der Waals surface area (Å²) < 4.78 is 5.27. The van der Waals surface area contributed by atoms with E-state index in [2.05, 4.69) is 68.1 Å². The highest BCUT2D eigenvalue weighted by atomic mass is 16.5. The van der Waals surface area contributed by atoms with Crippen LogP contribution in [0.4, 0.5) is 5.69 Å². The van der Waals surface area contributed by atoms with Gasteiger partial charge in [0.1, 0.15) is 5.75 Å². The number of aromatic nitrogens is 1. The summed E-state index contributed by atoms with van der Waals surface area (Å²) in [6, 6.07) is 22.6. The Morgan fingerprint density at radius 2 is 1.57 bits per heavy atom. The standard InChI is InChI=1S/C30H31N3O2/c1-20-5-12-28-26(17-20)27(19-29(31-28)23-7-6-21(2)22(3)18-23)30(34)33-15-13-32(14-16-33)24-8-10-25(35-4)11-9-24/h5-12,17-19H,13-16H2,1-4H3. The van der Waals surface area contributed by atoms with Gasteiger partial charge in [-0.3, -0.25) is 4.79 Å². The van der Waals surface area contributed by atoms with Crippen LogP contribution >= 0.6 is 0 Å². The van der Waals surface area contributed by atoms with Gasteiger partial charge in [-0.05, 0) is 80.4 Å². The molecule has 1 aliphatic rings. The van der Waals surface area contributed by atoms with Gasteiger partial charge in [-0.1, -0.05) is 23.8 Å². The lowest BCUT2D eigenvalue weighted by Crippen LogP contribution is -2.48. The molecule has 0 aliphatic carbocycles. The number of anilines is 1. The molecular formula is C30H31N3O2. The molecule has 2 heterocycles. The van der Waals surface area contributed by atoms with Crippen LogP contribution < -0.4 is 9.64 Å². The highest BCUT2D eigenvalue weighted by Crippen LogP contribution is 2.29. The number of amides is 1. The predicted molar refractivity (Wildman–Crippen MR) is 143 cm³/mol. The first kappa shape index (κ1) is 22.9. The number of rotatable bonds is 4. The number of hydrogen-bond acceptors (Lipinski definition) is 4. The molecule has 178 valence electrons. The van der Waals surface area contributed by atoms with Crippen LogP contribution in [0.5, 0.6) is 5.75 Å². The van der Waals surface area contributed by atoms with E-state index in [0.29, 0.717) is 13.1 Å². The Bertz CT molecular complexity index is 1390. The van der Waals surface area contributed by atoms with Gasteiger partial charge in [0.15, 0.2) is 0 Å². The summed E-state index contributed by atoms with van der Waals surface area (Å²) in [6.45, 7) is 9.22. The van der Waals surface area contributed by atoms with Crippen LogP contribution in [0.1, 0.15) is 27.0 Å². The quantitative estimate of drug-likeness (QED) is 0.382. The Balaban J connectivity index is 1.44. The minimum Gasteiger partial charge on any atom is -0.497 e. The molecule has 1 saturated heterocycles. The van der Waals surface area contributed by atoms with Gasteiger partial charge in [0.2, 0.25) is 0 Å². The SMILES string of the molecule is COc1ccc(N2CCN(C(=O)c3cc(-c4ccc(C)c(C)c4)nc4ccc(C)cc34)CC2)cc1. The van der Waals surface area contributed by atoms with Crippen LogP contribution in [-0.2, 0) is 0 Å². The molecule has 1 aromatic heterocycles. The molecule has 1 aliphatic heterocycles. The topological polar surface area (TPSA) is 45.7 Å². The van der Waals surface area contributed by atoms with Crippen molar-refractivity contribution in [2.24, 2.45) is 0 Å². The van der Waals surface area contributed by atoms with E-state index in [1.165, 1.54) is 11.1 Å². The van der Waals surface area contributed by atoms with E-state index in [1.54, 1.807) is 7.11 Å². The van der Waals surface area contributed by atoms with E-state index in [-0.39, 0.29) is 5.91 Å². The van der Waals surface area contributed by atoms with E-state index in [1.807, 2.05) is 29.2 Å². The van der Waals surface area contributed by atoms with Gasteiger partial charge < -0.3 is 14.5 Å². The molecule has 0 unspecified atom stereocenters. The molecule has 5 heteroatoms. The van der Waals surface area contributed by atoms with Crippen molar-refractivity contribution in [1.82, 2.24) is 9.88 Å². The fourth-order valence-electron chi connectivity index (χ4n) is 4.70. The Hall–Kier alpha value is -3.86. The maximum absolute atomic E-state index is 13.8. The molecule has 0 bridgehead atoms. The van der Waals surface area contributed by atoms with E-state index < -0.39 is 0 Å². The van der Waals surface area contributed by atoms with Gasteiger partial charge >= 0.3 is 0 Å². The summed E-state index contributed by atoms with van der Waals surface area (Å²) in [6.07, 6.45) is 0. The normalized spacial score (nSPS) is 13.8. The monoisotopic (exact) mass is 465 g/mol. The molecular weight excluding hydrogens is 434 g/mol. The first-order valence-electron chi connectivity index (χ1n) is 12.1. The summed E-state index contributed by atoms with van der Waals surface area (Å²) in [5.41, 5.74) is 8.19. The number of carbonyl (C=O) groups is 1. The zero-order valence-corrected chi connectivity index (χ0v) is 20.8. The highest BCUT2D eigenvalue weighted by molar-refractivity contribution is 6.07. The maximum Gasteiger partial charge on any atom is 0.254 e. The fourth-order valence-corrected chi connectivity index (χ4v) is 4.70. The number of hydrogen-bond donors (Lipinski definition) is 0. The maximum atomic E-state index is 13.8. The number of nitrogens with zero attached hydrogens (tertiary/aromatic N) is 3. The van der Waals surface area contributed by atoms with Crippen LogP contribution in [0.2, 0.25) is 0 Å². The smallest absolute Gasteiger partial charge is 0.254 e. The fraction of sp³-hybridized carbons (Fsp3) is 0.267. The van der Waals surface area contributed by atoms with E-state index in [9.17, 15) is 4.79 Å². The molecule has 0 N–H and O–H groups in total. The number of fused-ring (bicyclic) bond motifs is 1. The summed E-state index contributed by atoms with van der Waals surface area (Å²) in [5, 5.41) is 0.917. The lowest BCUT2D eigenvalue weighted by Gasteiger charge is -2.36. The first-order valence-corrected chi connectivity index (χ1v) is 12.1. The molecule has 0 radical (unpaired) electrons. The lowest BCUT2D eigenvalue weighted by atomic mass is 9.99. The number of pyridine rings is 1. The van der Waals surface area contributed by atoms with Crippen LogP contribution in [0.25, 0.3) is 22.2 Å². The second-order valence-corrected chi connectivity index (χ2v) is 9.35. The molecule has 0 atom stereocenters. The zero-order chi connectivity index (χ0) is 24.5. The molecule has 0 spiro atoms. The number of carbonyl (C=O) groups excluding carboxylic acids is 1. The molecule has 5 rings (SSSR count). The number of methoxy groups -OCH3 is 1. The Kier molecular flexibility index (Phi) is 6.16. The zero-order valence-electron chi connectivity index (χ0n) is 20.8. The average Bonchev–Trinajstić information content (AvgIpc) is 2.89. The van der Waals surface area contributed by atoms with E-state index >= 15 is 0 Å². The van der Waals surface area contributed by atoms with Crippen LogP contribution in [0, 0.1) is 20.8 Å². The van der Waals surface area contributed by atoms with Gasteiger partial charge in [0, 0.05) is 42.8 Å². The van der Waals surface area contributed by atoms with Crippen molar-refractivity contribution in [2.75, 3.05) is 38.2 Å². The Morgan fingerprint density at radius 3 is 2.26 bits per heavy atom. The summed E-state index contributed by atoms with van der Waals surface area (Å²) >= 11 is 0. The minimum atomic E-state index is 0.0717. The molecule has 0 saturated carbocycles. The summed E-state index contributed by atoms with van der Waals surface area (Å²) in [7, 11) is 1.68. The molecule has 35 heavy (non-hydrogen) atoms. The number of benzene rings is 3. The third-order valence-corrected chi connectivity index (χ3v) is 7.00. The molecule has 1 fully saturated rings. The Morgan fingerprint density at radius 1 is 0.829 bits per heavy atom. The Labute approximate surface area is 207 Å². The minimum absolute atomic E-state index is 0.0717. The second-order valence-electron chi connectivity index (χ2n) is 9.35. The largest absolute Gasteiger partial charge is 0.497 e. The van der Waals surface area contributed by atoms with Crippen molar-refractivity contribution in [2.45, 2.75) is 20.8 Å². The molecule has 5 nitrogen and oxygen atoms in total. The van der Waals surface area contributed by atoms with Crippen molar-refractivity contribution >= 4 is 22.5 Å². The third-order valence-electron chi connectivity index (χ3n) is 7.00. The van der Waals surface area contributed by atoms with Gasteiger partial charge in [0.25, 0.3) is 5.91 Å². The molecule has 3 aromatic carbocycles. The third kappa shape index (κ3) is 4.59. The summed E-state index contributed by atoms with van der Waals surface area (Å²) in [5.74, 6) is 0.921.